The number of fused-ring (bicyclic) bond motifs is 1. The molecule has 1 amide bonds. The van der Waals surface area contributed by atoms with Gasteiger partial charge in [0.2, 0.25) is 0 Å². The number of nitrogens with zero attached hydrogens (tertiary/aromatic N) is 2. The summed E-state index contributed by atoms with van der Waals surface area (Å²) in [4.78, 5) is 21.4. The molecule has 3 heterocycles. The number of thiophene rings is 1. The van der Waals surface area contributed by atoms with Crippen LogP contribution in [0, 0.1) is 13.8 Å². The largest absolute Gasteiger partial charge is 0.350 e. The molecule has 0 bridgehead atoms. The van der Waals surface area contributed by atoms with Crippen LogP contribution in [0.25, 0.3) is 10.9 Å². The molecule has 27 heavy (non-hydrogen) atoms. The zero-order chi connectivity index (χ0) is 18.8. The van der Waals surface area contributed by atoms with Crippen LogP contribution >= 0.6 is 11.3 Å². The molecule has 1 atom stereocenters. The van der Waals surface area contributed by atoms with Crippen molar-refractivity contribution >= 4 is 28.1 Å². The van der Waals surface area contributed by atoms with Gasteiger partial charge in [-0.3, -0.25) is 14.7 Å². The lowest BCUT2D eigenvalue weighted by Gasteiger charge is -2.27. The van der Waals surface area contributed by atoms with Crippen molar-refractivity contribution in [3.8, 4) is 0 Å². The second kappa shape index (κ2) is 7.79. The van der Waals surface area contributed by atoms with Crippen LogP contribution in [0.3, 0.4) is 0 Å². The van der Waals surface area contributed by atoms with Gasteiger partial charge in [0, 0.05) is 22.5 Å². The fraction of sp³-hybridized carbons (Fsp3) is 0.364. The molecule has 1 unspecified atom stereocenters. The number of aryl methyl sites for hydroxylation is 2. The fourth-order valence-corrected chi connectivity index (χ4v) is 4.75. The predicted molar refractivity (Wildman–Crippen MR) is 111 cm³/mol. The molecule has 1 N–H and O–H groups in total. The van der Waals surface area contributed by atoms with E-state index in [4.69, 9.17) is 0 Å². The number of benzene rings is 1. The zero-order valence-electron chi connectivity index (χ0n) is 15.9. The van der Waals surface area contributed by atoms with Crippen molar-refractivity contribution in [2.24, 2.45) is 0 Å². The monoisotopic (exact) mass is 379 g/mol. The van der Waals surface area contributed by atoms with Crippen LogP contribution in [0.2, 0.25) is 0 Å². The van der Waals surface area contributed by atoms with Gasteiger partial charge in [-0.2, -0.15) is 0 Å². The summed E-state index contributed by atoms with van der Waals surface area (Å²) >= 11 is 1.77. The van der Waals surface area contributed by atoms with E-state index in [1.165, 1.54) is 17.7 Å². The van der Waals surface area contributed by atoms with Crippen LogP contribution in [0.1, 0.15) is 45.4 Å². The Morgan fingerprint density at radius 1 is 1.22 bits per heavy atom. The maximum absolute atomic E-state index is 13.1. The highest BCUT2D eigenvalue weighted by Gasteiger charge is 2.25. The molecule has 1 aromatic carbocycles. The van der Waals surface area contributed by atoms with E-state index < -0.39 is 0 Å². The number of pyridine rings is 1. The summed E-state index contributed by atoms with van der Waals surface area (Å²) in [6.45, 7) is 6.83. The SMILES string of the molecule is Cc1ccc2nc(C)cc(C(=O)NCC(c3cccs3)N3CCCC3)c2c1. The van der Waals surface area contributed by atoms with Gasteiger partial charge in [0.25, 0.3) is 5.91 Å². The minimum absolute atomic E-state index is 0.0168. The molecule has 140 valence electrons. The second-order valence-corrected chi connectivity index (χ2v) is 8.30. The quantitative estimate of drug-likeness (QED) is 0.711. The number of amides is 1. The van der Waals surface area contributed by atoms with Crippen molar-refractivity contribution in [2.45, 2.75) is 32.7 Å². The van der Waals surface area contributed by atoms with Gasteiger partial charge >= 0.3 is 0 Å². The van der Waals surface area contributed by atoms with E-state index in [1.54, 1.807) is 11.3 Å². The standard InChI is InChI=1S/C22H25N3OS/c1-15-7-8-19-17(12-15)18(13-16(2)24-19)22(26)23-14-20(21-6-5-11-27-21)25-9-3-4-10-25/h5-8,11-13,20H,3-4,9-10,14H2,1-2H3,(H,23,26). The third-order valence-corrected chi connectivity index (χ3v) is 6.22. The van der Waals surface area contributed by atoms with Gasteiger partial charge in [0.15, 0.2) is 0 Å². The highest BCUT2D eigenvalue weighted by molar-refractivity contribution is 7.10. The van der Waals surface area contributed by atoms with Crippen molar-refractivity contribution in [1.29, 1.82) is 0 Å². The average molecular weight is 380 g/mol. The van der Waals surface area contributed by atoms with Crippen LogP contribution in [-0.4, -0.2) is 35.4 Å². The van der Waals surface area contributed by atoms with E-state index in [0.717, 1.165) is 35.2 Å². The topological polar surface area (TPSA) is 45.2 Å². The molecule has 0 saturated carbocycles. The van der Waals surface area contributed by atoms with Crippen molar-refractivity contribution in [3.63, 3.8) is 0 Å². The highest BCUT2D eigenvalue weighted by atomic mass is 32.1. The fourth-order valence-electron chi connectivity index (χ4n) is 3.89. The van der Waals surface area contributed by atoms with Crippen molar-refractivity contribution in [1.82, 2.24) is 15.2 Å². The average Bonchev–Trinajstić information content (AvgIpc) is 3.36. The van der Waals surface area contributed by atoms with Crippen LogP contribution < -0.4 is 5.32 Å². The van der Waals surface area contributed by atoms with Gasteiger partial charge < -0.3 is 5.32 Å². The first-order valence-electron chi connectivity index (χ1n) is 9.55. The number of carbonyl (C=O) groups excluding carboxylic acids is 1. The molecule has 4 nitrogen and oxygen atoms in total. The summed E-state index contributed by atoms with van der Waals surface area (Å²) in [5, 5.41) is 6.24. The number of aromatic nitrogens is 1. The molecule has 5 heteroatoms. The summed E-state index contributed by atoms with van der Waals surface area (Å²) in [6, 6.07) is 12.5. The Hall–Kier alpha value is -2.24. The Kier molecular flexibility index (Phi) is 5.23. The van der Waals surface area contributed by atoms with E-state index >= 15 is 0 Å². The van der Waals surface area contributed by atoms with Crippen LogP contribution in [0.4, 0.5) is 0 Å². The molecule has 3 aromatic rings. The van der Waals surface area contributed by atoms with Gasteiger partial charge in [0.1, 0.15) is 0 Å². The Bertz CT molecular complexity index is 946. The molecule has 0 radical (unpaired) electrons. The predicted octanol–water partition coefficient (Wildman–Crippen LogP) is 4.48. The maximum Gasteiger partial charge on any atom is 0.252 e. The molecule has 1 fully saturated rings. The molecular formula is C22H25N3OS. The molecule has 1 aliphatic rings. The van der Waals surface area contributed by atoms with E-state index in [0.29, 0.717) is 12.1 Å². The van der Waals surface area contributed by atoms with Gasteiger partial charge in [-0.05, 0) is 69.4 Å². The summed E-state index contributed by atoms with van der Waals surface area (Å²) < 4.78 is 0. The van der Waals surface area contributed by atoms with E-state index in [9.17, 15) is 4.79 Å². The first-order chi connectivity index (χ1) is 13.1. The summed E-state index contributed by atoms with van der Waals surface area (Å²) in [5.74, 6) is -0.0168. The molecule has 4 rings (SSSR count). The number of nitrogens with one attached hydrogen (secondary N) is 1. The Balaban J connectivity index is 1.58. The number of rotatable bonds is 5. The zero-order valence-corrected chi connectivity index (χ0v) is 16.7. The van der Waals surface area contributed by atoms with Crippen molar-refractivity contribution in [3.05, 3.63) is 63.5 Å². The molecular weight excluding hydrogens is 354 g/mol. The number of hydrogen-bond acceptors (Lipinski definition) is 4. The molecule has 1 aliphatic heterocycles. The minimum Gasteiger partial charge on any atom is -0.350 e. The Morgan fingerprint density at radius 3 is 2.78 bits per heavy atom. The van der Waals surface area contributed by atoms with E-state index in [-0.39, 0.29) is 11.9 Å². The van der Waals surface area contributed by atoms with Crippen molar-refractivity contribution in [2.75, 3.05) is 19.6 Å². The van der Waals surface area contributed by atoms with E-state index in [2.05, 4.69) is 32.7 Å². The lowest BCUT2D eigenvalue weighted by Crippen LogP contribution is -2.36. The number of carbonyl (C=O) groups is 1. The van der Waals surface area contributed by atoms with Crippen LogP contribution in [0.15, 0.2) is 41.8 Å². The van der Waals surface area contributed by atoms with Gasteiger partial charge in [-0.1, -0.05) is 17.7 Å². The normalized spacial score (nSPS) is 15.9. The number of likely N-dealkylation sites (tertiary alicyclic amines) is 1. The van der Waals surface area contributed by atoms with Gasteiger partial charge in [-0.25, -0.2) is 0 Å². The van der Waals surface area contributed by atoms with Crippen LogP contribution in [-0.2, 0) is 0 Å². The van der Waals surface area contributed by atoms with Gasteiger partial charge in [-0.15, -0.1) is 11.3 Å². The second-order valence-electron chi connectivity index (χ2n) is 7.32. The lowest BCUT2D eigenvalue weighted by atomic mass is 10.0. The first kappa shape index (κ1) is 18.1. The third kappa shape index (κ3) is 3.89. The van der Waals surface area contributed by atoms with Crippen molar-refractivity contribution < 1.29 is 4.79 Å². The summed E-state index contributed by atoms with van der Waals surface area (Å²) in [6.07, 6.45) is 2.48. The first-order valence-corrected chi connectivity index (χ1v) is 10.4. The van der Waals surface area contributed by atoms with E-state index in [1.807, 2.05) is 38.1 Å². The summed E-state index contributed by atoms with van der Waals surface area (Å²) in [7, 11) is 0. The van der Waals surface area contributed by atoms with Crippen LogP contribution in [0.5, 0.6) is 0 Å². The van der Waals surface area contributed by atoms with Gasteiger partial charge in [0.05, 0.1) is 17.1 Å². The Labute approximate surface area is 164 Å². The maximum atomic E-state index is 13.1. The Morgan fingerprint density at radius 2 is 2.04 bits per heavy atom. The molecule has 0 aliphatic carbocycles. The molecule has 2 aromatic heterocycles. The minimum atomic E-state index is -0.0168. The smallest absolute Gasteiger partial charge is 0.252 e. The summed E-state index contributed by atoms with van der Waals surface area (Å²) in [5.41, 5.74) is 3.59. The third-order valence-electron chi connectivity index (χ3n) is 5.25. The lowest BCUT2D eigenvalue weighted by molar-refractivity contribution is 0.0940. The highest BCUT2D eigenvalue weighted by Crippen LogP contribution is 2.28. The number of hydrogen-bond donors (Lipinski definition) is 1. The molecule has 1 saturated heterocycles. The molecule has 0 spiro atoms.